The summed E-state index contributed by atoms with van der Waals surface area (Å²) < 4.78 is 0. The van der Waals surface area contributed by atoms with Crippen LogP contribution in [-0.2, 0) is 6.42 Å². The molecule has 0 radical (unpaired) electrons. The number of fused-ring (bicyclic) bond motifs is 1. The molecule has 27 heavy (non-hydrogen) atoms. The van der Waals surface area contributed by atoms with Gasteiger partial charge in [0.05, 0.1) is 0 Å². The van der Waals surface area contributed by atoms with Crippen molar-refractivity contribution in [3.8, 4) is 22.3 Å². The van der Waals surface area contributed by atoms with Crippen molar-refractivity contribution in [1.29, 1.82) is 0 Å². The van der Waals surface area contributed by atoms with Crippen LogP contribution in [0.4, 0.5) is 0 Å². The average Bonchev–Trinajstić information content (AvgIpc) is 3.10. The third-order valence-electron chi connectivity index (χ3n) is 5.61. The zero-order valence-electron chi connectivity index (χ0n) is 16.6. The number of rotatable bonds is 5. The molecule has 1 aliphatic carbocycles. The van der Waals surface area contributed by atoms with E-state index in [2.05, 4.69) is 93.6 Å². The second-order valence-corrected chi connectivity index (χ2v) is 7.90. The van der Waals surface area contributed by atoms with E-state index in [1.807, 2.05) is 0 Å². The van der Waals surface area contributed by atoms with Gasteiger partial charge in [0, 0.05) is 0 Å². The molecule has 0 spiro atoms. The Morgan fingerprint density at radius 3 is 2.22 bits per heavy atom. The number of hydrogen-bond acceptors (Lipinski definition) is 0. The standard InChI is InChI=1S/C27H28/c1-4-10-20-17-22-15-16-23(19(2)3)27(26(22)18-20)25-14-9-8-13-24(25)21-11-6-5-7-12-21/h5-9,11-16,18-19H,4,10,17H2,1-3H3. The van der Waals surface area contributed by atoms with Crippen LogP contribution in [-0.4, -0.2) is 0 Å². The molecule has 0 saturated heterocycles. The second kappa shape index (κ2) is 7.56. The minimum absolute atomic E-state index is 0.498. The van der Waals surface area contributed by atoms with E-state index in [1.54, 1.807) is 5.57 Å². The molecule has 136 valence electrons. The lowest BCUT2D eigenvalue weighted by Gasteiger charge is -2.20. The molecule has 0 heteroatoms. The Balaban J connectivity index is 1.97. The molecular formula is C27H28. The Bertz CT molecular complexity index is 974. The average molecular weight is 353 g/mol. The van der Waals surface area contributed by atoms with Crippen LogP contribution in [0.1, 0.15) is 56.2 Å². The van der Waals surface area contributed by atoms with Gasteiger partial charge in [0.2, 0.25) is 0 Å². The van der Waals surface area contributed by atoms with Gasteiger partial charge in [0.15, 0.2) is 0 Å². The maximum absolute atomic E-state index is 2.47. The number of hydrogen-bond donors (Lipinski definition) is 0. The van der Waals surface area contributed by atoms with Gasteiger partial charge >= 0.3 is 0 Å². The topological polar surface area (TPSA) is 0 Å². The highest BCUT2D eigenvalue weighted by molar-refractivity contribution is 5.91. The van der Waals surface area contributed by atoms with Crippen molar-refractivity contribution in [1.82, 2.24) is 0 Å². The van der Waals surface area contributed by atoms with E-state index in [-0.39, 0.29) is 0 Å². The Kier molecular flexibility index (Phi) is 4.99. The molecule has 0 unspecified atom stereocenters. The van der Waals surface area contributed by atoms with Gasteiger partial charge < -0.3 is 0 Å². The van der Waals surface area contributed by atoms with E-state index < -0.39 is 0 Å². The first-order valence-corrected chi connectivity index (χ1v) is 10.2. The van der Waals surface area contributed by atoms with Crippen LogP contribution in [0.5, 0.6) is 0 Å². The summed E-state index contributed by atoms with van der Waals surface area (Å²) >= 11 is 0. The molecule has 0 bridgehead atoms. The number of allylic oxidation sites excluding steroid dienone is 1. The quantitative estimate of drug-likeness (QED) is 0.438. The van der Waals surface area contributed by atoms with Crippen molar-refractivity contribution < 1.29 is 0 Å². The lowest BCUT2D eigenvalue weighted by atomic mass is 9.84. The lowest BCUT2D eigenvalue weighted by Crippen LogP contribution is -1.98. The summed E-state index contributed by atoms with van der Waals surface area (Å²) in [5.41, 5.74) is 11.4. The van der Waals surface area contributed by atoms with Crippen molar-refractivity contribution >= 4 is 6.08 Å². The van der Waals surface area contributed by atoms with Crippen LogP contribution in [0.25, 0.3) is 28.3 Å². The van der Waals surface area contributed by atoms with Gasteiger partial charge in [-0.25, -0.2) is 0 Å². The molecule has 0 saturated carbocycles. The fraction of sp³-hybridized carbons (Fsp3) is 0.259. The molecule has 1 aliphatic rings. The van der Waals surface area contributed by atoms with Gasteiger partial charge in [-0.2, -0.15) is 0 Å². The van der Waals surface area contributed by atoms with Crippen molar-refractivity contribution in [2.75, 3.05) is 0 Å². The van der Waals surface area contributed by atoms with E-state index >= 15 is 0 Å². The fourth-order valence-electron chi connectivity index (χ4n) is 4.33. The van der Waals surface area contributed by atoms with Crippen LogP contribution in [0.3, 0.4) is 0 Å². The van der Waals surface area contributed by atoms with Crippen LogP contribution in [0, 0.1) is 0 Å². The molecule has 0 fully saturated rings. The van der Waals surface area contributed by atoms with E-state index in [0.29, 0.717) is 5.92 Å². The van der Waals surface area contributed by atoms with Crippen LogP contribution in [0.15, 0.2) is 72.3 Å². The fourth-order valence-corrected chi connectivity index (χ4v) is 4.33. The van der Waals surface area contributed by atoms with Crippen molar-refractivity contribution in [3.63, 3.8) is 0 Å². The van der Waals surface area contributed by atoms with Crippen molar-refractivity contribution in [2.45, 2.75) is 46.0 Å². The minimum Gasteiger partial charge on any atom is -0.0652 e. The molecule has 0 atom stereocenters. The first-order valence-electron chi connectivity index (χ1n) is 10.2. The maximum atomic E-state index is 2.47. The summed E-state index contributed by atoms with van der Waals surface area (Å²) in [6.45, 7) is 6.89. The summed E-state index contributed by atoms with van der Waals surface area (Å²) in [6.07, 6.45) is 6.00. The highest BCUT2D eigenvalue weighted by Gasteiger charge is 2.22. The highest BCUT2D eigenvalue weighted by atomic mass is 14.3. The molecule has 3 aromatic carbocycles. The van der Waals surface area contributed by atoms with Crippen LogP contribution in [0.2, 0.25) is 0 Å². The summed E-state index contributed by atoms with van der Waals surface area (Å²) in [5.74, 6) is 0.498. The molecule has 4 rings (SSSR count). The molecule has 0 heterocycles. The first kappa shape index (κ1) is 17.8. The molecular weight excluding hydrogens is 324 g/mol. The lowest BCUT2D eigenvalue weighted by molar-refractivity contribution is 0.866. The van der Waals surface area contributed by atoms with Crippen LogP contribution < -0.4 is 0 Å². The van der Waals surface area contributed by atoms with Crippen molar-refractivity contribution in [3.05, 3.63) is 89.0 Å². The van der Waals surface area contributed by atoms with Gasteiger partial charge in [-0.15, -0.1) is 0 Å². The molecule has 0 amide bonds. The first-order chi connectivity index (χ1) is 13.2. The molecule has 0 aliphatic heterocycles. The minimum atomic E-state index is 0.498. The predicted octanol–water partition coefficient (Wildman–Crippen LogP) is 7.88. The SMILES string of the molecule is CCCC1=Cc2c(ccc(C(C)C)c2-c2ccccc2-c2ccccc2)C1. The van der Waals surface area contributed by atoms with E-state index in [9.17, 15) is 0 Å². The normalized spacial score (nSPS) is 13.0. The van der Waals surface area contributed by atoms with Gasteiger partial charge in [0.25, 0.3) is 0 Å². The highest BCUT2D eigenvalue weighted by Crippen LogP contribution is 2.43. The summed E-state index contributed by atoms with van der Waals surface area (Å²) in [5, 5.41) is 0. The second-order valence-electron chi connectivity index (χ2n) is 7.90. The van der Waals surface area contributed by atoms with Gasteiger partial charge in [0.1, 0.15) is 0 Å². The van der Waals surface area contributed by atoms with Gasteiger partial charge in [-0.05, 0) is 57.7 Å². The number of benzene rings is 3. The summed E-state index contributed by atoms with van der Waals surface area (Å²) in [6, 6.07) is 24.4. The Labute approximate surface area is 163 Å². The van der Waals surface area contributed by atoms with E-state index in [4.69, 9.17) is 0 Å². The monoisotopic (exact) mass is 352 g/mol. The van der Waals surface area contributed by atoms with E-state index in [0.717, 1.165) is 6.42 Å². The van der Waals surface area contributed by atoms with Crippen molar-refractivity contribution in [2.24, 2.45) is 0 Å². The van der Waals surface area contributed by atoms with Gasteiger partial charge in [-0.3, -0.25) is 0 Å². The molecule has 3 aromatic rings. The molecule has 0 N–H and O–H groups in total. The Morgan fingerprint density at radius 2 is 1.52 bits per heavy atom. The smallest absolute Gasteiger partial charge is 0.00576 e. The third kappa shape index (κ3) is 3.37. The summed E-state index contributed by atoms with van der Waals surface area (Å²) in [7, 11) is 0. The van der Waals surface area contributed by atoms with Gasteiger partial charge in [-0.1, -0.05) is 106 Å². The Hall–Kier alpha value is -2.60. The zero-order chi connectivity index (χ0) is 18.8. The maximum Gasteiger partial charge on any atom is -0.00576 e. The Morgan fingerprint density at radius 1 is 0.815 bits per heavy atom. The van der Waals surface area contributed by atoms with E-state index in [1.165, 1.54) is 51.8 Å². The molecule has 0 nitrogen and oxygen atoms in total. The summed E-state index contributed by atoms with van der Waals surface area (Å²) in [4.78, 5) is 0. The molecule has 0 aromatic heterocycles. The largest absolute Gasteiger partial charge is 0.0652 e. The zero-order valence-corrected chi connectivity index (χ0v) is 16.6. The van der Waals surface area contributed by atoms with Crippen LogP contribution >= 0.6 is 0 Å². The predicted molar refractivity (Wildman–Crippen MR) is 118 cm³/mol. The third-order valence-corrected chi connectivity index (χ3v) is 5.61.